The number of nitrogens with one attached hydrogen (secondary N) is 3. The van der Waals surface area contributed by atoms with Crippen molar-refractivity contribution in [2.45, 2.75) is 31.0 Å². The van der Waals surface area contributed by atoms with E-state index in [0.717, 1.165) is 0 Å². The van der Waals surface area contributed by atoms with Gasteiger partial charge in [-0.15, -0.1) is 0 Å². The quantitative estimate of drug-likeness (QED) is 0.175. The number of primary amides is 1. The molecular weight excluding hydrogens is 414 g/mol. The Labute approximate surface area is 178 Å². The summed E-state index contributed by atoms with van der Waals surface area (Å²) in [6.45, 7) is -0.359. The van der Waals surface area contributed by atoms with Crippen LogP contribution in [-0.4, -0.2) is 65.1 Å². The average molecular weight is 439 g/mol. The summed E-state index contributed by atoms with van der Waals surface area (Å²) in [7, 11) is 0. The maximum Gasteiger partial charge on any atom is 0.326 e. The van der Waals surface area contributed by atoms with Crippen LogP contribution in [0, 0.1) is 0 Å². The van der Waals surface area contributed by atoms with Gasteiger partial charge in [0.05, 0.1) is 13.0 Å². The van der Waals surface area contributed by atoms with Crippen LogP contribution in [-0.2, 0) is 30.4 Å². The van der Waals surface area contributed by atoms with Gasteiger partial charge in [0.2, 0.25) is 23.6 Å². The predicted octanol–water partition coefficient (Wildman–Crippen LogP) is -2.47. The second-order valence-corrected chi connectivity index (χ2v) is 6.69. The van der Waals surface area contributed by atoms with Crippen LogP contribution in [0.5, 0.6) is 0 Å². The van der Waals surface area contributed by atoms with Gasteiger partial charge in [0.15, 0.2) is 0 Å². The van der Waals surface area contributed by atoms with Crippen molar-refractivity contribution in [1.82, 2.24) is 16.0 Å². The number of thiol groups is 1. The molecule has 3 unspecified atom stereocenters. The molecule has 0 bridgehead atoms. The van der Waals surface area contributed by atoms with Gasteiger partial charge in [0.1, 0.15) is 18.1 Å². The predicted molar refractivity (Wildman–Crippen MR) is 110 cm³/mol. The van der Waals surface area contributed by atoms with Crippen molar-refractivity contribution in [3.63, 3.8) is 0 Å². The molecule has 0 fully saturated rings. The third-order valence-corrected chi connectivity index (χ3v) is 4.32. The van der Waals surface area contributed by atoms with Crippen LogP contribution in [0.3, 0.4) is 0 Å². The van der Waals surface area contributed by atoms with Crippen LogP contribution in [0.25, 0.3) is 0 Å². The topological polar surface area (TPSA) is 194 Å². The van der Waals surface area contributed by atoms with E-state index in [1.165, 1.54) is 0 Å². The number of hydrogen-bond acceptors (Lipinski definition) is 7. The highest BCUT2D eigenvalue weighted by molar-refractivity contribution is 7.80. The number of carbonyl (C=O) groups is 5. The fraction of sp³-hybridized carbons (Fsp3) is 0.389. The van der Waals surface area contributed by atoms with Crippen LogP contribution < -0.4 is 27.4 Å². The molecule has 0 heterocycles. The van der Waals surface area contributed by atoms with Crippen molar-refractivity contribution in [2.24, 2.45) is 11.5 Å². The molecule has 1 aromatic rings. The van der Waals surface area contributed by atoms with E-state index in [0.29, 0.717) is 5.56 Å². The van der Waals surface area contributed by atoms with Crippen molar-refractivity contribution >= 4 is 42.2 Å². The Morgan fingerprint density at radius 1 is 0.933 bits per heavy atom. The minimum atomic E-state index is -1.44. The summed E-state index contributed by atoms with van der Waals surface area (Å²) in [6.07, 6.45) is -0.579. The van der Waals surface area contributed by atoms with E-state index in [2.05, 4.69) is 28.6 Å². The third-order valence-electron chi connectivity index (χ3n) is 3.96. The van der Waals surface area contributed by atoms with Crippen molar-refractivity contribution in [1.29, 1.82) is 0 Å². The molecule has 0 aromatic heterocycles. The lowest BCUT2D eigenvalue weighted by molar-refractivity contribution is -0.142. The first-order valence-corrected chi connectivity index (χ1v) is 9.57. The SMILES string of the molecule is NCC(=O)NC(CS)C(=O)NC(CC(N)=O)C(=O)NC(Cc1ccccc1)C(=O)O. The highest BCUT2D eigenvalue weighted by Gasteiger charge is 2.30. The highest BCUT2D eigenvalue weighted by Crippen LogP contribution is 2.05. The number of carbonyl (C=O) groups excluding carboxylic acids is 4. The molecule has 12 heteroatoms. The molecule has 0 aliphatic rings. The Morgan fingerprint density at radius 2 is 1.50 bits per heavy atom. The van der Waals surface area contributed by atoms with Gasteiger partial charge in [-0.2, -0.15) is 12.6 Å². The number of benzene rings is 1. The van der Waals surface area contributed by atoms with Crippen molar-refractivity contribution in [3.05, 3.63) is 35.9 Å². The number of rotatable bonds is 12. The zero-order valence-electron chi connectivity index (χ0n) is 16.0. The lowest BCUT2D eigenvalue weighted by Gasteiger charge is -2.23. The first kappa shape index (κ1) is 24.9. The fourth-order valence-electron chi connectivity index (χ4n) is 2.45. The van der Waals surface area contributed by atoms with E-state index < -0.39 is 54.1 Å². The number of carboxylic acids is 1. The maximum atomic E-state index is 12.6. The van der Waals surface area contributed by atoms with Gasteiger partial charge in [0, 0.05) is 12.2 Å². The van der Waals surface area contributed by atoms with E-state index in [-0.39, 0.29) is 18.7 Å². The number of amides is 4. The standard InChI is InChI=1S/C18H25N5O6S/c19-8-15(25)21-13(9-30)17(27)22-11(7-14(20)24)16(26)23-12(18(28)29)6-10-4-2-1-3-5-10/h1-5,11-13,30H,6-9,19H2,(H2,20,24)(H,21,25)(H,22,27)(H,23,26)(H,28,29). The van der Waals surface area contributed by atoms with Gasteiger partial charge in [0.25, 0.3) is 0 Å². The van der Waals surface area contributed by atoms with E-state index in [9.17, 15) is 29.1 Å². The molecule has 1 aromatic carbocycles. The number of aliphatic carboxylic acids is 1. The van der Waals surface area contributed by atoms with Crippen LogP contribution in [0.15, 0.2) is 30.3 Å². The van der Waals surface area contributed by atoms with Crippen molar-refractivity contribution in [2.75, 3.05) is 12.3 Å². The first-order chi connectivity index (χ1) is 14.2. The molecule has 0 saturated carbocycles. The number of hydrogen-bond donors (Lipinski definition) is 7. The average Bonchev–Trinajstić information content (AvgIpc) is 2.70. The Morgan fingerprint density at radius 3 is 2.00 bits per heavy atom. The molecular formula is C18H25N5O6S. The molecule has 4 amide bonds. The van der Waals surface area contributed by atoms with Gasteiger partial charge >= 0.3 is 5.97 Å². The summed E-state index contributed by atoms with van der Waals surface area (Å²) in [5.74, 6) is -4.61. The minimum absolute atomic E-state index is 0.00895. The van der Waals surface area contributed by atoms with Crippen LogP contribution in [0.1, 0.15) is 12.0 Å². The summed E-state index contributed by atoms with van der Waals surface area (Å²) in [5, 5.41) is 16.3. The Balaban J connectivity index is 2.90. The van der Waals surface area contributed by atoms with Gasteiger partial charge in [-0.3, -0.25) is 19.2 Å². The van der Waals surface area contributed by atoms with Crippen LogP contribution in [0.4, 0.5) is 0 Å². The van der Waals surface area contributed by atoms with E-state index in [1.807, 2.05) is 0 Å². The Bertz CT molecular complexity index is 776. The molecule has 0 spiro atoms. The normalized spacial score (nSPS) is 13.4. The summed E-state index contributed by atoms with van der Waals surface area (Å²) < 4.78 is 0. The smallest absolute Gasteiger partial charge is 0.326 e. The summed E-state index contributed by atoms with van der Waals surface area (Å²) in [6, 6.07) is 4.74. The molecule has 8 N–H and O–H groups in total. The summed E-state index contributed by atoms with van der Waals surface area (Å²) >= 11 is 3.96. The van der Waals surface area contributed by atoms with E-state index >= 15 is 0 Å². The first-order valence-electron chi connectivity index (χ1n) is 8.94. The lowest BCUT2D eigenvalue weighted by atomic mass is 10.0. The molecule has 1 rings (SSSR count). The summed E-state index contributed by atoms with van der Waals surface area (Å²) in [5.41, 5.74) is 11.0. The van der Waals surface area contributed by atoms with Crippen molar-refractivity contribution < 1.29 is 29.1 Å². The van der Waals surface area contributed by atoms with E-state index in [4.69, 9.17) is 11.5 Å². The lowest BCUT2D eigenvalue weighted by Crippen LogP contribution is -2.57. The molecule has 30 heavy (non-hydrogen) atoms. The zero-order valence-corrected chi connectivity index (χ0v) is 16.9. The molecule has 0 radical (unpaired) electrons. The molecule has 0 saturated heterocycles. The monoisotopic (exact) mass is 439 g/mol. The zero-order chi connectivity index (χ0) is 22.7. The second kappa shape index (κ2) is 12.4. The van der Waals surface area contributed by atoms with Crippen LogP contribution in [0.2, 0.25) is 0 Å². The molecule has 11 nitrogen and oxygen atoms in total. The molecule has 0 aliphatic heterocycles. The van der Waals surface area contributed by atoms with Crippen molar-refractivity contribution in [3.8, 4) is 0 Å². The largest absolute Gasteiger partial charge is 0.480 e. The van der Waals surface area contributed by atoms with Gasteiger partial charge in [-0.1, -0.05) is 30.3 Å². The molecule has 3 atom stereocenters. The van der Waals surface area contributed by atoms with Gasteiger partial charge < -0.3 is 32.5 Å². The Kier molecular flexibility index (Phi) is 10.3. The summed E-state index contributed by atoms with van der Waals surface area (Å²) in [4.78, 5) is 59.3. The molecule has 0 aliphatic carbocycles. The van der Waals surface area contributed by atoms with Gasteiger partial charge in [-0.05, 0) is 5.56 Å². The number of carboxylic acid groups (broad SMARTS) is 1. The maximum absolute atomic E-state index is 12.6. The Hall–Kier alpha value is -3.12. The third kappa shape index (κ3) is 8.49. The molecule has 164 valence electrons. The van der Waals surface area contributed by atoms with Crippen LogP contribution >= 0.6 is 12.6 Å². The highest BCUT2D eigenvalue weighted by atomic mass is 32.1. The minimum Gasteiger partial charge on any atom is -0.480 e. The van der Waals surface area contributed by atoms with Gasteiger partial charge in [-0.25, -0.2) is 4.79 Å². The van der Waals surface area contributed by atoms with E-state index in [1.54, 1.807) is 30.3 Å². The fourth-order valence-corrected chi connectivity index (χ4v) is 2.71. The second-order valence-electron chi connectivity index (χ2n) is 6.33. The number of nitrogens with two attached hydrogens (primary N) is 2.